The lowest BCUT2D eigenvalue weighted by Gasteiger charge is -2.37. The van der Waals surface area contributed by atoms with E-state index in [1.807, 2.05) is 0 Å². The largest absolute Gasteiger partial charge is 0.481 e. The summed E-state index contributed by atoms with van der Waals surface area (Å²) in [6, 6.07) is -1.54. The summed E-state index contributed by atoms with van der Waals surface area (Å²) >= 11 is 0. The number of piperazine rings is 1. The highest BCUT2D eigenvalue weighted by molar-refractivity contribution is 5.86. The standard InChI is InChI=1S/C12H19N3O5/c16-10(17)6-9(11(18)19)13-12(20)15-5-4-14-3-1-2-8(14)7-15/h8-9H,1-7H2,(H,13,20)(H,16,17)(H,18,19)/t8?,9-/m0/s1. The summed E-state index contributed by atoms with van der Waals surface area (Å²) in [6.07, 6.45) is 1.54. The van der Waals surface area contributed by atoms with Crippen molar-refractivity contribution in [2.45, 2.75) is 31.3 Å². The average molecular weight is 285 g/mol. The van der Waals surface area contributed by atoms with E-state index in [2.05, 4.69) is 10.2 Å². The highest BCUT2D eigenvalue weighted by atomic mass is 16.4. The van der Waals surface area contributed by atoms with Gasteiger partial charge in [-0.3, -0.25) is 9.69 Å². The van der Waals surface area contributed by atoms with Crippen LogP contribution in [0.2, 0.25) is 0 Å². The van der Waals surface area contributed by atoms with Crippen molar-refractivity contribution >= 4 is 18.0 Å². The number of nitrogens with one attached hydrogen (secondary N) is 1. The highest BCUT2D eigenvalue weighted by Gasteiger charge is 2.34. The zero-order valence-corrected chi connectivity index (χ0v) is 11.1. The van der Waals surface area contributed by atoms with Crippen molar-refractivity contribution < 1.29 is 24.6 Å². The fourth-order valence-electron chi connectivity index (χ4n) is 2.79. The number of nitrogens with zero attached hydrogens (tertiary/aromatic N) is 2. The van der Waals surface area contributed by atoms with E-state index in [9.17, 15) is 14.4 Å². The molecule has 0 aromatic carbocycles. The van der Waals surface area contributed by atoms with Gasteiger partial charge >= 0.3 is 18.0 Å². The third-order valence-corrected chi connectivity index (χ3v) is 3.85. The lowest BCUT2D eigenvalue weighted by molar-refractivity contribution is -0.145. The second-order valence-electron chi connectivity index (χ2n) is 5.22. The van der Waals surface area contributed by atoms with Crippen LogP contribution in [-0.4, -0.2) is 76.2 Å². The Balaban J connectivity index is 1.90. The van der Waals surface area contributed by atoms with Crippen LogP contribution in [0.5, 0.6) is 0 Å². The molecule has 2 rings (SSSR count). The topological polar surface area (TPSA) is 110 Å². The van der Waals surface area contributed by atoms with Gasteiger partial charge in [0.2, 0.25) is 0 Å². The predicted molar refractivity (Wildman–Crippen MR) is 68.4 cm³/mol. The van der Waals surface area contributed by atoms with Crippen LogP contribution in [-0.2, 0) is 9.59 Å². The van der Waals surface area contributed by atoms with Gasteiger partial charge in [-0.05, 0) is 19.4 Å². The van der Waals surface area contributed by atoms with Crippen molar-refractivity contribution in [3.63, 3.8) is 0 Å². The molecule has 0 radical (unpaired) electrons. The molecular formula is C12H19N3O5. The van der Waals surface area contributed by atoms with Crippen LogP contribution < -0.4 is 5.32 Å². The number of amides is 2. The molecule has 2 amide bonds. The molecule has 20 heavy (non-hydrogen) atoms. The molecule has 0 aromatic rings. The summed E-state index contributed by atoms with van der Waals surface area (Å²) < 4.78 is 0. The predicted octanol–water partition coefficient (Wildman–Crippen LogP) is -0.596. The third kappa shape index (κ3) is 3.38. The normalized spacial score (nSPS) is 24.0. The molecular weight excluding hydrogens is 266 g/mol. The quantitative estimate of drug-likeness (QED) is 0.636. The van der Waals surface area contributed by atoms with E-state index in [4.69, 9.17) is 10.2 Å². The smallest absolute Gasteiger partial charge is 0.326 e. The van der Waals surface area contributed by atoms with Crippen LogP contribution in [0, 0.1) is 0 Å². The molecule has 2 heterocycles. The average Bonchev–Trinajstić information content (AvgIpc) is 2.84. The Bertz CT molecular complexity index is 414. The second-order valence-corrected chi connectivity index (χ2v) is 5.22. The number of carbonyl (C=O) groups excluding carboxylic acids is 1. The van der Waals surface area contributed by atoms with Crippen molar-refractivity contribution in [2.75, 3.05) is 26.2 Å². The van der Waals surface area contributed by atoms with E-state index in [0.717, 1.165) is 25.9 Å². The molecule has 112 valence electrons. The summed E-state index contributed by atoms with van der Waals surface area (Å²) in [6.45, 7) is 2.96. The molecule has 0 saturated carbocycles. The Morgan fingerprint density at radius 3 is 2.60 bits per heavy atom. The molecule has 0 aliphatic carbocycles. The Hall–Kier alpha value is -1.83. The van der Waals surface area contributed by atoms with E-state index in [-0.39, 0.29) is 0 Å². The van der Waals surface area contributed by atoms with Gasteiger partial charge in [0.15, 0.2) is 0 Å². The van der Waals surface area contributed by atoms with Crippen LogP contribution in [0.3, 0.4) is 0 Å². The lowest BCUT2D eigenvalue weighted by atomic mass is 10.1. The molecule has 2 aliphatic heterocycles. The molecule has 1 unspecified atom stereocenters. The molecule has 2 aliphatic rings. The number of hydrogen-bond donors (Lipinski definition) is 3. The van der Waals surface area contributed by atoms with Crippen LogP contribution in [0.4, 0.5) is 4.79 Å². The van der Waals surface area contributed by atoms with Crippen molar-refractivity contribution in [2.24, 2.45) is 0 Å². The minimum Gasteiger partial charge on any atom is -0.481 e. The molecule has 2 fully saturated rings. The van der Waals surface area contributed by atoms with Gasteiger partial charge in [-0.25, -0.2) is 9.59 Å². The summed E-state index contributed by atoms with van der Waals surface area (Å²) in [5.41, 5.74) is 0. The van der Waals surface area contributed by atoms with Gasteiger partial charge < -0.3 is 20.4 Å². The molecule has 2 atom stereocenters. The van der Waals surface area contributed by atoms with Crippen molar-refractivity contribution in [3.05, 3.63) is 0 Å². The van der Waals surface area contributed by atoms with Gasteiger partial charge in [-0.2, -0.15) is 0 Å². The minimum atomic E-state index is -1.39. The monoisotopic (exact) mass is 285 g/mol. The van der Waals surface area contributed by atoms with Crippen LogP contribution in [0.1, 0.15) is 19.3 Å². The molecule has 0 aromatic heterocycles. The SMILES string of the molecule is O=C(O)C[C@H](NC(=O)N1CCN2CCCC2C1)C(=O)O. The fraction of sp³-hybridized carbons (Fsp3) is 0.750. The van der Waals surface area contributed by atoms with Gasteiger partial charge in [-0.1, -0.05) is 0 Å². The number of fused-ring (bicyclic) bond motifs is 1. The van der Waals surface area contributed by atoms with Gasteiger partial charge in [0.1, 0.15) is 6.04 Å². The Morgan fingerprint density at radius 2 is 1.95 bits per heavy atom. The first-order valence-electron chi connectivity index (χ1n) is 6.71. The van der Waals surface area contributed by atoms with Gasteiger partial charge in [0, 0.05) is 25.7 Å². The lowest BCUT2D eigenvalue weighted by Crippen LogP contribution is -2.56. The van der Waals surface area contributed by atoms with Gasteiger partial charge in [0.05, 0.1) is 6.42 Å². The van der Waals surface area contributed by atoms with E-state index in [1.165, 1.54) is 0 Å². The zero-order chi connectivity index (χ0) is 14.7. The third-order valence-electron chi connectivity index (χ3n) is 3.85. The van der Waals surface area contributed by atoms with E-state index < -0.39 is 30.4 Å². The van der Waals surface area contributed by atoms with Gasteiger partial charge in [0.25, 0.3) is 0 Å². The van der Waals surface area contributed by atoms with E-state index >= 15 is 0 Å². The summed E-state index contributed by atoms with van der Waals surface area (Å²) in [5, 5.41) is 19.8. The molecule has 0 spiro atoms. The molecule has 8 heteroatoms. The van der Waals surface area contributed by atoms with Crippen molar-refractivity contribution in [1.82, 2.24) is 15.1 Å². The number of carbonyl (C=O) groups is 3. The van der Waals surface area contributed by atoms with Crippen LogP contribution >= 0.6 is 0 Å². The van der Waals surface area contributed by atoms with E-state index in [1.54, 1.807) is 4.90 Å². The van der Waals surface area contributed by atoms with Crippen LogP contribution in [0.15, 0.2) is 0 Å². The highest BCUT2D eigenvalue weighted by Crippen LogP contribution is 2.21. The van der Waals surface area contributed by atoms with Crippen molar-refractivity contribution in [1.29, 1.82) is 0 Å². The number of urea groups is 1. The molecule has 2 saturated heterocycles. The maximum absolute atomic E-state index is 12.0. The summed E-state index contributed by atoms with van der Waals surface area (Å²) in [7, 11) is 0. The van der Waals surface area contributed by atoms with E-state index in [0.29, 0.717) is 19.1 Å². The number of carboxylic acid groups (broad SMARTS) is 2. The maximum Gasteiger partial charge on any atom is 0.326 e. The maximum atomic E-state index is 12.0. The molecule has 0 bridgehead atoms. The van der Waals surface area contributed by atoms with Crippen molar-refractivity contribution in [3.8, 4) is 0 Å². The fourth-order valence-corrected chi connectivity index (χ4v) is 2.79. The minimum absolute atomic E-state index is 0.345. The Kier molecular flexibility index (Phi) is 4.43. The number of hydrogen-bond acceptors (Lipinski definition) is 4. The summed E-state index contributed by atoms with van der Waals surface area (Å²) in [4.78, 5) is 37.4. The Labute approximate surface area is 116 Å². The first-order valence-corrected chi connectivity index (χ1v) is 6.71. The zero-order valence-electron chi connectivity index (χ0n) is 11.1. The number of carboxylic acids is 2. The number of rotatable bonds is 4. The van der Waals surface area contributed by atoms with Crippen LogP contribution in [0.25, 0.3) is 0 Å². The molecule has 8 nitrogen and oxygen atoms in total. The van der Waals surface area contributed by atoms with Gasteiger partial charge in [-0.15, -0.1) is 0 Å². The molecule has 3 N–H and O–H groups in total. The Morgan fingerprint density at radius 1 is 1.20 bits per heavy atom. The summed E-state index contributed by atoms with van der Waals surface area (Å²) in [5.74, 6) is -2.58. The first-order chi connectivity index (χ1) is 9.47. The first kappa shape index (κ1) is 14.6. The second kappa shape index (κ2) is 6.08. The number of aliphatic carboxylic acids is 2.